The van der Waals surface area contributed by atoms with E-state index in [9.17, 15) is 18.0 Å². The Bertz CT molecular complexity index is 1210. The van der Waals surface area contributed by atoms with Crippen LogP contribution >= 0.6 is 0 Å². The van der Waals surface area contributed by atoms with Gasteiger partial charge in [-0.05, 0) is 54.7 Å². The van der Waals surface area contributed by atoms with Gasteiger partial charge < -0.3 is 15.8 Å². The number of halogens is 3. The van der Waals surface area contributed by atoms with Crippen molar-refractivity contribution in [3.8, 4) is 11.4 Å². The van der Waals surface area contributed by atoms with E-state index in [1.165, 1.54) is 0 Å². The highest BCUT2D eigenvalue weighted by molar-refractivity contribution is 6.01. The van der Waals surface area contributed by atoms with Crippen molar-refractivity contribution in [1.29, 1.82) is 0 Å². The zero-order valence-corrected chi connectivity index (χ0v) is 17.8. The highest BCUT2D eigenvalue weighted by atomic mass is 19.4. The maximum atomic E-state index is 13.1. The number of benzene rings is 2. The molecule has 3 N–H and O–H groups in total. The molecule has 1 aromatic heterocycles. The number of rotatable bonds is 5. The SMILES string of the molecule is Nc1c2c(nn1-c1ccccc1)C[C@]1(CCc3cc(OCCCC(F)(F)F)ccc31)NC2=O. The highest BCUT2D eigenvalue weighted by Crippen LogP contribution is 2.44. The summed E-state index contributed by atoms with van der Waals surface area (Å²) < 4.78 is 44.1. The minimum Gasteiger partial charge on any atom is -0.494 e. The fraction of sp³-hybridized carbons (Fsp3) is 0.333. The Kier molecular flexibility index (Phi) is 5.07. The zero-order chi connectivity index (χ0) is 23.2. The van der Waals surface area contributed by atoms with E-state index in [0.29, 0.717) is 35.7 Å². The molecule has 0 bridgehead atoms. The minimum absolute atomic E-state index is 0.000264. The average molecular weight is 456 g/mol. The second-order valence-corrected chi connectivity index (χ2v) is 8.55. The van der Waals surface area contributed by atoms with Crippen molar-refractivity contribution in [1.82, 2.24) is 15.1 Å². The van der Waals surface area contributed by atoms with Crippen molar-refractivity contribution in [3.05, 3.63) is 70.9 Å². The quantitative estimate of drug-likeness (QED) is 0.561. The molecule has 0 saturated heterocycles. The summed E-state index contributed by atoms with van der Waals surface area (Å²) in [5.41, 5.74) is 9.54. The second kappa shape index (κ2) is 7.83. The number of nitrogens with one attached hydrogen (secondary N) is 1. The molecule has 9 heteroatoms. The van der Waals surface area contributed by atoms with Gasteiger partial charge in [-0.25, -0.2) is 4.68 Å². The topological polar surface area (TPSA) is 82.2 Å². The van der Waals surface area contributed by atoms with Crippen molar-refractivity contribution in [3.63, 3.8) is 0 Å². The normalized spacial score (nSPS) is 19.3. The van der Waals surface area contributed by atoms with Gasteiger partial charge in [0, 0.05) is 12.8 Å². The molecule has 2 aliphatic rings. The number of nitrogen functional groups attached to an aromatic ring is 1. The first-order valence-corrected chi connectivity index (χ1v) is 10.8. The van der Waals surface area contributed by atoms with Gasteiger partial charge in [-0.2, -0.15) is 18.3 Å². The average Bonchev–Trinajstić information content (AvgIpc) is 3.29. The van der Waals surface area contributed by atoms with Crippen LogP contribution in [0, 0.1) is 0 Å². The summed E-state index contributed by atoms with van der Waals surface area (Å²) in [5, 5.41) is 7.82. The number of hydrogen-bond donors (Lipinski definition) is 2. The molecule has 33 heavy (non-hydrogen) atoms. The number of ether oxygens (including phenoxy) is 1. The van der Waals surface area contributed by atoms with Gasteiger partial charge in [0.2, 0.25) is 0 Å². The first kappa shape index (κ1) is 21.4. The standard InChI is InChI=1S/C24H23F3N4O2/c25-24(26,27)10-4-12-33-17-7-8-18-15(13-17)9-11-23(18)14-19-20(22(32)29-23)21(28)31(30-19)16-5-2-1-3-6-16/h1-3,5-8,13H,4,9-12,14,28H2,(H,29,32)/t23-/m0/s1. The number of aryl methyl sites for hydroxylation is 1. The molecule has 1 spiro atoms. The minimum atomic E-state index is -4.18. The van der Waals surface area contributed by atoms with Gasteiger partial charge in [-0.15, -0.1) is 0 Å². The Morgan fingerprint density at radius 1 is 1.18 bits per heavy atom. The lowest BCUT2D eigenvalue weighted by molar-refractivity contribution is -0.136. The first-order valence-electron chi connectivity index (χ1n) is 10.8. The Balaban J connectivity index is 1.38. The summed E-state index contributed by atoms with van der Waals surface area (Å²) in [7, 11) is 0. The molecule has 1 amide bonds. The molecule has 3 aromatic rings. The lowest BCUT2D eigenvalue weighted by Crippen LogP contribution is -2.49. The van der Waals surface area contributed by atoms with Crippen molar-refractivity contribution < 1.29 is 22.7 Å². The van der Waals surface area contributed by atoms with Crippen LogP contribution in [0.2, 0.25) is 0 Å². The van der Waals surface area contributed by atoms with Crippen molar-refractivity contribution in [2.75, 3.05) is 12.3 Å². The van der Waals surface area contributed by atoms with Crippen LogP contribution in [-0.2, 0) is 18.4 Å². The fourth-order valence-corrected chi connectivity index (χ4v) is 4.82. The largest absolute Gasteiger partial charge is 0.494 e. The van der Waals surface area contributed by atoms with Crippen molar-refractivity contribution >= 4 is 11.7 Å². The third-order valence-electron chi connectivity index (χ3n) is 6.33. The Morgan fingerprint density at radius 3 is 2.73 bits per heavy atom. The number of carbonyl (C=O) groups excluding carboxylic acids is 1. The molecule has 6 nitrogen and oxygen atoms in total. The molecule has 0 fully saturated rings. The summed E-state index contributed by atoms with van der Waals surface area (Å²) in [6.45, 7) is -0.000264. The molecule has 2 aromatic carbocycles. The molecule has 0 unspecified atom stereocenters. The van der Waals surface area contributed by atoms with E-state index in [1.807, 2.05) is 42.5 Å². The van der Waals surface area contributed by atoms with E-state index < -0.39 is 18.1 Å². The van der Waals surface area contributed by atoms with E-state index >= 15 is 0 Å². The van der Waals surface area contributed by atoms with Crippen LogP contribution in [0.1, 0.15) is 46.4 Å². The third kappa shape index (κ3) is 3.92. The second-order valence-electron chi connectivity index (χ2n) is 8.55. The predicted octanol–water partition coefficient (Wildman–Crippen LogP) is 4.30. The lowest BCUT2D eigenvalue weighted by atomic mass is 9.83. The summed E-state index contributed by atoms with van der Waals surface area (Å²) in [4.78, 5) is 13.1. The monoisotopic (exact) mass is 456 g/mol. The van der Waals surface area contributed by atoms with Gasteiger partial charge in [0.25, 0.3) is 5.91 Å². The van der Waals surface area contributed by atoms with E-state index in [-0.39, 0.29) is 18.9 Å². The van der Waals surface area contributed by atoms with E-state index in [2.05, 4.69) is 10.4 Å². The fourth-order valence-electron chi connectivity index (χ4n) is 4.82. The van der Waals surface area contributed by atoms with E-state index in [0.717, 1.165) is 23.2 Å². The number of alkyl halides is 3. The van der Waals surface area contributed by atoms with Crippen LogP contribution in [-0.4, -0.2) is 28.5 Å². The van der Waals surface area contributed by atoms with Gasteiger partial charge in [0.1, 0.15) is 17.1 Å². The van der Waals surface area contributed by atoms with Gasteiger partial charge in [0.15, 0.2) is 0 Å². The predicted molar refractivity (Wildman–Crippen MR) is 116 cm³/mol. The number of hydrogen-bond acceptors (Lipinski definition) is 4. The van der Waals surface area contributed by atoms with Crippen LogP contribution in [0.5, 0.6) is 5.75 Å². The maximum Gasteiger partial charge on any atom is 0.389 e. The van der Waals surface area contributed by atoms with Gasteiger partial charge in [0.05, 0.1) is 23.5 Å². The summed E-state index contributed by atoms with van der Waals surface area (Å²) in [6.07, 6.45) is -3.20. The molecule has 1 aliphatic heterocycles. The van der Waals surface area contributed by atoms with Gasteiger partial charge in [-0.1, -0.05) is 24.3 Å². The summed E-state index contributed by atoms with van der Waals surface area (Å²) >= 11 is 0. The smallest absolute Gasteiger partial charge is 0.389 e. The molecule has 2 heterocycles. The van der Waals surface area contributed by atoms with E-state index in [4.69, 9.17) is 10.5 Å². The van der Waals surface area contributed by atoms with Crippen LogP contribution in [0.15, 0.2) is 48.5 Å². The van der Waals surface area contributed by atoms with Gasteiger partial charge >= 0.3 is 6.18 Å². The molecule has 5 rings (SSSR count). The van der Waals surface area contributed by atoms with Crippen molar-refractivity contribution in [2.24, 2.45) is 0 Å². The molecule has 0 radical (unpaired) electrons. The molecular weight excluding hydrogens is 433 g/mol. The third-order valence-corrected chi connectivity index (χ3v) is 6.33. The van der Waals surface area contributed by atoms with E-state index in [1.54, 1.807) is 10.7 Å². The summed E-state index contributed by atoms with van der Waals surface area (Å²) in [6, 6.07) is 14.9. The number of para-hydroxylation sites is 1. The van der Waals surface area contributed by atoms with Crippen LogP contribution in [0.4, 0.5) is 19.0 Å². The van der Waals surface area contributed by atoms with Crippen LogP contribution in [0.25, 0.3) is 5.69 Å². The first-order chi connectivity index (χ1) is 15.8. The molecule has 0 saturated carbocycles. The Labute approximate surface area is 188 Å². The number of nitrogens with zero attached hydrogens (tertiary/aromatic N) is 2. The number of nitrogens with two attached hydrogens (primary N) is 1. The van der Waals surface area contributed by atoms with Crippen LogP contribution in [0.3, 0.4) is 0 Å². The van der Waals surface area contributed by atoms with Gasteiger partial charge in [-0.3, -0.25) is 4.79 Å². The maximum absolute atomic E-state index is 13.1. The highest BCUT2D eigenvalue weighted by Gasteiger charge is 2.46. The molecule has 172 valence electrons. The Hall–Kier alpha value is -3.49. The number of anilines is 1. The number of amides is 1. The zero-order valence-electron chi connectivity index (χ0n) is 17.8. The molecule has 1 atom stereocenters. The molecule has 1 aliphatic carbocycles. The lowest BCUT2D eigenvalue weighted by Gasteiger charge is -2.34. The Morgan fingerprint density at radius 2 is 1.97 bits per heavy atom. The number of fused-ring (bicyclic) bond motifs is 3. The number of carbonyl (C=O) groups is 1. The van der Waals surface area contributed by atoms with Crippen molar-refractivity contribution in [2.45, 2.75) is 43.8 Å². The summed E-state index contributed by atoms with van der Waals surface area (Å²) in [5.74, 6) is 0.592. The molecular formula is C24H23F3N4O2. The number of aromatic nitrogens is 2. The van der Waals surface area contributed by atoms with Crippen LogP contribution < -0.4 is 15.8 Å².